The Hall–Kier alpha value is -2.01. The van der Waals surface area contributed by atoms with Crippen LogP contribution in [0.15, 0.2) is 36.9 Å². The highest BCUT2D eigenvalue weighted by Gasteiger charge is 2.13. The highest BCUT2D eigenvalue weighted by atomic mass is 16.3. The van der Waals surface area contributed by atoms with Crippen molar-refractivity contribution in [3.05, 3.63) is 42.5 Å². The molecule has 2 rings (SSSR count). The van der Waals surface area contributed by atoms with E-state index in [1.54, 1.807) is 24.4 Å². The van der Waals surface area contributed by atoms with E-state index in [1.165, 1.54) is 0 Å². The van der Waals surface area contributed by atoms with Crippen LogP contribution < -0.4 is 5.32 Å². The van der Waals surface area contributed by atoms with Gasteiger partial charge in [-0.25, -0.2) is 4.98 Å². The molecule has 0 radical (unpaired) electrons. The summed E-state index contributed by atoms with van der Waals surface area (Å²) in [7, 11) is 0. The lowest BCUT2D eigenvalue weighted by atomic mass is 10.1. The first-order valence-electron chi connectivity index (χ1n) is 6.88. The Labute approximate surface area is 118 Å². The number of aryl methyl sites for hydroxylation is 1. The largest absolute Gasteiger partial charge is 0.507 e. The van der Waals surface area contributed by atoms with E-state index in [0.717, 1.165) is 25.9 Å². The number of hydrogen-bond acceptors (Lipinski definition) is 4. The molecule has 1 atom stereocenters. The smallest absolute Gasteiger partial charge is 0.124 e. The van der Waals surface area contributed by atoms with Crippen LogP contribution in [0.1, 0.15) is 31.4 Å². The predicted molar refractivity (Wildman–Crippen MR) is 77.7 cm³/mol. The molecule has 1 unspecified atom stereocenters. The van der Waals surface area contributed by atoms with Gasteiger partial charge in [-0.1, -0.05) is 6.07 Å². The summed E-state index contributed by atoms with van der Waals surface area (Å²) in [6.07, 6.45) is 7.63. The van der Waals surface area contributed by atoms with Gasteiger partial charge in [0.1, 0.15) is 11.5 Å². The standard InChI is InChI=1S/C15H21N3O2/c1-12(15-13(19)5-4-6-14(15)20)17-7-2-3-9-18-10-8-16-11-18/h4-6,8,10-12,17,19-20H,2-3,7,9H2,1H3. The molecule has 0 bridgehead atoms. The lowest BCUT2D eigenvalue weighted by Gasteiger charge is -2.16. The molecule has 1 aromatic heterocycles. The van der Waals surface area contributed by atoms with Crippen molar-refractivity contribution in [1.82, 2.24) is 14.9 Å². The number of benzene rings is 1. The van der Waals surface area contributed by atoms with Crippen LogP contribution in [0.3, 0.4) is 0 Å². The average Bonchev–Trinajstić information content (AvgIpc) is 2.91. The minimum atomic E-state index is -0.0792. The van der Waals surface area contributed by atoms with E-state index >= 15 is 0 Å². The Morgan fingerprint density at radius 2 is 2.00 bits per heavy atom. The van der Waals surface area contributed by atoms with Crippen molar-refractivity contribution in [2.75, 3.05) is 6.54 Å². The van der Waals surface area contributed by atoms with Gasteiger partial charge in [-0.3, -0.25) is 0 Å². The number of nitrogens with one attached hydrogen (secondary N) is 1. The van der Waals surface area contributed by atoms with Gasteiger partial charge in [0.25, 0.3) is 0 Å². The highest BCUT2D eigenvalue weighted by molar-refractivity contribution is 5.44. The fourth-order valence-electron chi connectivity index (χ4n) is 2.24. The maximum atomic E-state index is 9.78. The van der Waals surface area contributed by atoms with E-state index in [1.807, 2.05) is 19.4 Å². The summed E-state index contributed by atoms with van der Waals surface area (Å²) < 4.78 is 2.05. The molecule has 5 heteroatoms. The SMILES string of the molecule is CC(NCCCCn1ccnc1)c1c(O)cccc1O. The first-order valence-corrected chi connectivity index (χ1v) is 6.88. The van der Waals surface area contributed by atoms with Crippen molar-refractivity contribution in [3.63, 3.8) is 0 Å². The lowest BCUT2D eigenvalue weighted by molar-refractivity contribution is 0.416. The topological polar surface area (TPSA) is 70.3 Å². The summed E-state index contributed by atoms with van der Waals surface area (Å²) in [6.45, 7) is 3.73. The van der Waals surface area contributed by atoms with Crippen molar-refractivity contribution in [1.29, 1.82) is 0 Å². The molecule has 0 amide bonds. The Kier molecular flexibility index (Phi) is 5.01. The zero-order valence-electron chi connectivity index (χ0n) is 11.7. The number of hydrogen-bond donors (Lipinski definition) is 3. The summed E-state index contributed by atoms with van der Waals surface area (Å²) in [4.78, 5) is 4.00. The molecule has 0 spiro atoms. The van der Waals surface area contributed by atoms with Crippen LogP contribution in [-0.2, 0) is 6.54 Å². The summed E-state index contributed by atoms with van der Waals surface area (Å²) in [5.74, 6) is 0.256. The van der Waals surface area contributed by atoms with Crippen molar-refractivity contribution in [2.45, 2.75) is 32.4 Å². The van der Waals surface area contributed by atoms with Crippen molar-refractivity contribution in [3.8, 4) is 11.5 Å². The summed E-state index contributed by atoms with van der Waals surface area (Å²) >= 11 is 0. The van der Waals surface area contributed by atoms with Gasteiger partial charge < -0.3 is 20.1 Å². The molecule has 0 aliphatic heterocycles. The van der Waals surface area contributed by atoms with E-state index < -0.39 is 0 Å². The molecule has 5 nitrogen and oxygen atoms in total. The molecule has 1 aromatic carbocycles. The molecule has 20 heavy (non-hydrogen) atoms. The third-order valence-electron chi connectivity index (χ3n) is 3.35. The molecule has 0 saturated carbocycles. The second-order valence-corrected chi connectivity index (χ2v) is 4.89. The predicted octanol–water partition coefficient (Wildman–Crippen LogP) is 2.43. The Morgan fingerprint density at radius 1 is 1.25 bits per heavy atom. The summed E-state index contributed by atoms with van der Waals surface area (Å²) in [5.41, 5.74) is 0.558. The molecule has 0 aliphatic rings. The van der Waals surface area contributed by atoms with E-state index in [4.69, 9.17) is 0 Å². The van der Waals surface area contributed by atoms with Crippen LogP contribution in [0.5, 0.6) is 11.5 Å². The maximum absolute atomic E-state index is 9.78. The molecule has 3 N–H and O–H groups in total. The number of phenols is 2. The first-order chi connectivity index (χ1) is 9.68. The first kappa shape index (κ1) is 14.4. The van der Waals surface area contributed by atoms with Crippen LogP contribution in [0, 0.1) is 0 Å². The number of aromatic hydroxyl groups is 2. The third kappa shape index (κ3) is 3.74. The third-order valence-corrected chi connectivity index (χ3v) is 3.35. The Morgan fingerprint density at radius 3 is 2.65 bits per heavy atom. The molecular weight excluding hydrogens is 254 g/mol. The van der Waals surface area contributed by atoms with Gasteiger partial charge in [-0.2, -0.15) is 0 Å². The minimum absolute atomic E-state index is 0.0792. The maximum Gasteiger partial charge on any atom is 0.124 e. The quantitative estimate of drug-likeness (QED) is 0.679. The molecule has 0 fully saturated rings. The molecule has 2 aromatic rings. The normalized spacial score (nSPS) is 12.4. The zero-order chi connectivity index (χ0) is 14.4. The Bertz CT molecular complexity index is 506. The fraction of sp³-hybridized carbons (Fsp3) is 0.400. The molecule has 0 saturated heterocycles. The fourth-order valence-corrected chi connectivity index (χ4v) is 2.24. The van der Waals surface area contributed by atoms with E-state index in [-0.39, 0.29) is 17.5 Å². The second kappa shape index (κ2) is 6.96. The van der Waals surface area contributed by atoms with Crippen molar-refractivity contribution in [2.24, 2.45) is 0 Å². The number of unbranched alkanes of at least 4 members (excludes halogenated alkanes) is 1. The number of nitrogens with zero attached hydrogens (tertiary/aromatic N) is 2. The van der Waals surface area contributed by atoms with E-state index in [2.05, 4.69) is 14.9 Å². The van der Waals surface area contributed by atoms with Crippen molar-refractivity contribution >= 4 is 0 Å². The van der Waals surface area contributed by atoms with Crippen LogP contribution >= 0.6 is 0 Å². The minimum Gasteiger partial charge on any atom is -0.507 e. The van der Waals surface area contributed by atoms with Gasteiger partial charge in [0, 0.05) is 25.0 Å². The van der Waals surface area contributed by atoms with Crippen molar-refractivity contribution < 1.29 is 10.2 Å². The number of rotatable bonds is 7. The van der Waals surface area contributed by atoms with Gasteiger partial charge in [-0.05, 0) is 38.4 Å². The second-order valence-electron chi connectivity index (χ2n) is 4.89. The monoisotopic (exact) mass is 275 g/mol. The average molecular weight is 275 g/mol. The van der Waals surface area contributed by atoms with Gasteiger partial charge in [0.05, 0.1) is 11.9 Å². The summed E-state index contributed by atoms with van der Waals surface area (Å²) in [5, 5.41) is 22.9. The molecule has 1 heterocycles. The van der Waals surface area contributed by atoms with Crippen LogP contribution in [0.25, 0.3) is 0 Å². The Balaban J connectivity index is 1.73. The lowest BCUT2D eigenvalue weighted by Crippen LogP contribution is -2.20. The molecular formula is C15H21N3O2. The number of aromatic nitrogens is 2. The van der Waals surface area contributed by atoms with Gasteiger partial charge in [-0.15, -0.1) is 0 Å². The number of imidazole rings is 1. The van der Waals surface area contributed by atoms with Crippen LogP contribution in [0.2, 0.25) is 0 Å². The zero-order valence-corrected chi connectivity index (χ0v) is 11.7. The van der Waals surface area contributed by atoms with Gasteiger partial charge in [0.2, 0.25) is 0 Å². The van der Waals surface area contributed by atoms with Gasteiger partial charge in [0.15, 0.2) is 0 Å². The highest BCUT2D eigenvalue weighted by Crippen LogP contribution is 2.31. The van der Waals surface area contributed by atoms with Crippen LogP contribution in [0.4, 0.5) is 0 Å². The molecule has 0 aliphatic carbocycles. The van der Waals surface area contributed by atoms with E-state index in [0.29, 0.717) is 5.56 Å². The molecule has 108 valence electrons. The van der Waals surface area contributed by atoms with Crippen LogP contribution in [-0.4, -0.2) is 26.3 Å². The van der Waals surface area contributed by atoms with E-state index in [9.17, 15) is 10.2 Å². The van der Waals surface area contributed by atoms with Gasteiger partial charge >= 0.3 is 0 Å². The summed E-state index contributed by atoms with van der Waals surface area (Å²) in [6, 6.07) is 4.73. The number of phenolic OH excluding ortho intramolecular Hbond substituents is 2.